The summed E-state index contributed by atoms with van der Waals surface area (Å²) in [5.41, 5.74) is 0. The van der Waals surface area contributed by atoms with Crippen LogP contribution in [0.2, 0.25) is 0 Å². The van der Waals surface area contributed by atoms with Gasteiger partial charge < -0.3 is 10.2 Å². The van der Waals surface area contributed by atoms with Crippen LogP contribution in [0.3, 0.4) is 0 Å². The molecular weight excluding hydrogens is 226 g/mol. The minimum atomic E-state index is 0.277. The fourth-order valence-electron chi connectivity index (χ4n) is 3.79. The zero-order valence-electron chi connectivity index (χ0n) is 11.4. The number of fused-ring (bicyclic) bond motifs is 1. The van der Waals surface area contributed by atoms with Gasteiger partial charge in [-0.05, 0) is 51.6 Å². The SMILES string of the molecule is CNCC(=O)N1CCC2C(CCCN2C2CC2)C1. The van der Waals surface area contributed by atoms with E-state index in [4.69, 9.17) is 0 Å². The molecule has 2 saturated heterocycles. The van der Waals surface area contributed by atoms with Crippen LogP contribution < -0.4 is 5.32 Å². The van der Waals surface area contributed by atoms with Crippen molar-refractivity contribution in [1.82, 2.24) is 15.1 Å². The lowest BCUT2D eigenvalue weighted by atomic mass is 9.83. The highest BCUT2D eigenvalue weighted by Gasteiger charge is 2.42. The highest BCUT2D eigenvalue weighted by molar-refractivity contribution is 5.78. The van der Waals surface area contributed by atoms with E-state index in [0.717, 1.165) is 31.1 Å². The first-order valence-electron chi connectivity index (χ1n) is 7.47. The molecule has 2 unspecified atom stereocenters. The number of rotatable bonds is 3. The third kappa shape index (κ3) is 2.41. The summed E-state index contributed by atoms with van der Waals surface area (Å²) in [6, 6.07) is 1.65. The molecule has 3 aliphatic rings. The smallest absolute Gasteiger partial charge is 0.236 e. The average molecular weight is 251 g/mol. The van der Waals surface area contributed by atoms with Crippen LogP contribution in [0.15, 0.2) is 0 Å². The van der Waals surface area contributed by atoms with Gasteiger partial charge in [0.05, 0.1) is 6.54 Å². The quantitative estimate of drug-likeness (QED) is 0.801. The van der Waals surface area contributed by atoms with Crippen molar-refractivity contribution in [2.75, 3.05) is 33.2 Å². The predicted octanol–water partition coefficient (Wildman–Crippen LogP) is 0.681. The number of likely N-dealkylation sites (N-methyl/N-ethyl adjacent to an activating group) is 1. The predicted molar refractivity (Wildman–Crippen MR) is 71.4 cm³/mol. The van der Waals surface area contributed by atoms with Gasteiger partial charge in [-0.1, -0.05) is 0 Å². The molecule has 0 spiro atoms. The summed E-state index contributed by atoms with van der Waals surface area (Å²) in [7, 11) is 1.85. The first kappa shape index (κ1) is 12.4. The molecule has 0 aromatic heterocycles. The summed E-state index contributed by atoms with van der Waals surface area (Å²) < 4.78 is 0. The number of nitrogens with zero attached hydrogens (tertiary/aromatic N) is 2. The number of hydrogen-bond acceptors (Lipinski definition) is 3. The Labute approximate surface area is 110 Å². The van der Waals surface area contributed by atoms with Crippen LogP contribution in [-0.4, -0.2) is 61.0 Å². The fraction of sp³-hybridized carbons (Fsp3) is 0.929. The summed E-state index contributed by atoms with van der Waals surface area (Å²) in [6.07, 6.45) is 6.65. The molecule has 4 heteroatoms. The largest absolute Gasteiger partial charge is 0.341 e. The minimum Gasteiger partial charge on any atom is -0.341 e. The third-order valence-electron chi connectivity index (χ3n) is 4.81. The zero-order valence-corrected chi connectivity index (χ0v) is 11.4. The van der Waals surface area contributed by atoms with Crippen molar-refractivity contribution in [3.63, 3.8) is 0 Å². The Kier molecular flexibility index (Phi) is 3.57. The van der Waals surface area contributed by atoms with Gasteiger partial charge in [0.15, 0.2) is 0 Å². The molecule has 0 bridgehead atoms. The average Bonchev–Trinajstić information content (AvgIpc) is 3.22. The number of nitrogens with one attached hydrogen (secondary N) is 1. The molecule has 2 atom stereocenters. The van der Waals surface area contributed by atoms with E-state index in [1.54, 1.807) is 0 Å². The summed E-state index contributed by atoms with van der Waals surface area (Å²) in [5.74, 6) is 1.01. The number of carbonyl (C=O) groups is 1. The van der Waals surface area contributed by atoms with Crippen molar-refractivity contribution >= 4 is 5.91 Å². The maximum atomic E-state index is 12.0. The molecule has 2 aliphatic heterocycles. The van der Waals surface area contributed by atoms with Crippen molar-refractivity contribution in [3.05, 3.63) is 0 Å². The Balaban J connectivity index is 1.61. The van der Waals surface area contributed by atoms with Crippen LogP contribution >= 0.6 is 0 Å². The van der Waals surface area contributed by atoms with E-state index in [1.807, 2.05) is 7.05 Å². The van der Waals surface area contributed by atoms with Crippen molar-refractivity contribution in [3.8, 4) is 0 Å². The van der Waals surface area contributed by atoms with E-state index in [0.29, 0.717) is 6.54 Å². The highest BCUT2D eigenvalue weighted by Crippen LogP contribution is 2.38. The normalized spacial score (nSPS) is 33.3. The molecule has 0 aromatic rings. The first-order valence-corrected chi connectivity index (χ1v) is 7.47. The maximum absolute atomic E-state index is 12.0. The Morgan fingerprint density at radius 1 is 1.22 bits per heavy atom. The Bertz CT molecular complexity index is 316. The second-order valence-electron chi connectivity index (χ2n) is 6.10. The number of piperidine rings is 2. The van der Waals surface area contributed by atoms with E-state index in [2.05, 4.69) is 15.1 Å². The van der Waals surface area contributed by atoms with Crippen LogP contribution in [0.4, 0.5) is 0 Å². The van der Waals surface area contributed by atoms with Crippen molar-refractivity contribution < 1.29 is 4.79 Å². The van der Waals surface area contributed by atoms with Gasteiger partial charge in [-0.25, -0.2) is 0 Å². The fourth-order valence-corrected chi connectivity index (χ4v) is 3.79. The van der Waals surface area contributed by atoms with Gasteiger partial charge in [0.2, 0.25) is 5.91 Å². The van der Waals surface area contributed by atoms with Crippen molar-refractivity contribution in [2.45, 2.75) is 44.2 Å². The Morgan fingerprint density at radius 2 is 2.06 bits per heavy atom. The lowest BCUT2D eigenvalue weighted by Gasteiger charge is -2.47. The second-order valence-corrected chi connectivity index (χ2v) is 6.10. The van der Waals surface area contributed by atoms with E-state index in [-0.39, 0.29) is 5.91 Å². The number of carbonyl (C=O) groups excluding carboxylic acids is 1. The summed E-state index contributed by atoms with van der Waals surface area (Å²) in [4.78, 5) is 16.8. The topological polar surface area (TPSA) is 35.6 Å². The van der Waals surface area contributed by atoms with Gasteiger partial charge in [-0.2, -0.15) is 0 Å². The molecule has 0 radical (unpaired) electrons. The van der Waals surface area contributed by atoms with E-state index < -0.39 is 0 Å². The molecule has 102 valence electrons. The van der Waals surface area contributed by atoms with Gasteiger partial charge in [-0.3, -0.25) is 9.69 Å². The molecule has 1 aliphatic carbocycles. The number of likely N-dealkylation sites (tertiary alicyclic amines) is 2. The minimum absolute atomic E-state index is 0.277. The molecule has 18 heavy (non-hydrogen) atoms. The van der Waals surface area contributed by atoms with Crippen LogP contribution in [-0.2, 0) is 4.79 Å². The molecule has 1 N–H and O–H groups in total. The van der Waals surface area contributed by atoms with E-state index >= 15 is 0 Å². The molecular formula is C14H25N3O. The molecule has 2 heterocycles. The zero-order chi connectivity index (χ0) is 12.5. The summed E-state index contributed by atoms with van der Waals surface area (Å²) in [6.45, 7) is 3.75. The Morgan fingerprint density at radius 3 is 2.78 bits per heavy atom. The van der Waals surface area contributed by atoms with Gasteiger partial charge in [0, 0.05) is 25.2 Å². The highest BCUT2D eigenvalue weighted by atomic mass is 16.2. The second kappa shape index (κ2) is 5.17. The lowest BCUT2D eigenvalue weighted by molar-refractivity contribution is -0.133. The van der Waals surface area contributed by atoms with Gasteiger partial charge in [0.25, 0.3) is 0 Å². The van der Waals surface area contributed by atoms with Gasteiger partial charge in [0.1, 0.15) is 0 Å². The molecule has 0 aromatic carbocycles. The van der Waals surface area contributed by atoms with Crippen molar-refractivity contribution in [2.24, 2.45) is 5.92 Å². The van der Waals surface area contributed by atoms with E-state index in [1.165, 1.54) is 38.6 Å². The standard InChI is InChI=1S/C14H25N3O/c1-15-9-14(18)16-8-6-13-11(10-16)3-2-7-17(13)12-4-5-12/h11-13,15H,2-10H2,1H3. The van der Waals surface area contributed by atoms with Crippen LogP contribution in [0.1, 0.15) is 32.1 Å². The summed E-state index contributed by atoms with van der Waals surface area (Å²) >= 11 is 0. The first-order chi connectivity index (χ1) is 8.79. The molecule has 3 rings (SSSR count). The molecule has 4 nitrogen and oxygen atoms in total. The van der Waals surface area contributed by atoms with Crippen LogP contribution in [0, 0.1) is 5.92 Å². The van der Waals surface area contributed by atoms with Crippen LogP contribution in [0.5, 0.6) is 0 Å². The third-order valence-corrected chi connectivity index (χ3v) is 4.81. The lowest BCUT2D eigenvalue weighted by Crippen LogP contribution is -2.56. The molecule has 1 saturated carbocycles. The van der Waals surface area contributed by atoms with E-state index in [9.17, 15) is 4.79 Å². The van der Waals surface area contributed by atoms with Crippen molar-refractivity contribution in [1.29, 1.82) is 0 Å². The molecule has 1 amide bonds. The summed E-state index contributed by atoms with van der Waals surface area (Å²) in [5, 5.41) is 2.97. The monoisotopic (exact) mass is 251 g/mol. The Hall–Kier alpha value is -0.610. The number of hydrogen-bond donors (Lipinski definition) is 1. The maximum Gasteiger partial charge on any atom is 0.236 e. The van der Waals surface area contributed by atoms with Crippen LogP contribution in [0.25, 0.3) is 0 Å². The van der Waals surface area contributed by atoms with Gasteiger partial charge in [-0.15, -0.1) is 0 Å². The molecule has 3 fully saturated rings. The van der Waals surface area contributed by atoms with Gasteiger partial charge >= 0.3 is 0 Å². The number of amides is 1.